The second kappa shape index (κ2) is 6.80. The van der Waals surface area contributed by atoms with Gasteiger partial charge in [0.2, 0.25) is 0 Å². The molecule has 2 bridgehead atoms. The summed E-state index contributed by atoms with van der Waals surface area (Å²) in [7, 11) is -4.75. The van der Waals surface area contributed by atoms with Crippen molar-refractivity contribution in [3.63, 3.8) is 0 Å². The zero-order valence-corrected chi connectivity index (χ0v) is 13.8. The number of nitrogens with two attached hydrogens (primary N) is 1. The van der Waals surface area contributed by atoms with Crippen LogP contribution in [0.4, 0.5) is 4.79 Å². The number of nitrogens with zero attached hydrogens (tertiary/aromatic N) is 3. The van der Waals surface area contributed by atoms with E-state index in [2.05, 4.69) is 14.6 Å². The molecule has 0 radical (unpaired) electrons. The first-order valence-corrected chi connectivity index (χ1v) is 9.13. The number of carbonyl (C=O) groups is 1. The quantitative estimate of drug-likeness (QED) is 0.310. The molecule has 0 aliphatic carbocycles. The summed E-state index contributed by atoms with van der Waals surface area (Å²) in [6, 6.07) is -1.51. The van der Waals surface area contributed by atoms with Crippen LogP contribution < -0.4 is 11.1 Å². The van der Waals surface area contributed by atoms with Crippen LogP contribution in [0.5, 0.6) is 0 Å². The number of carbonyl (C=O) groups excluding carboxylic acids is 1. The van der Waals surface area contributed by atoms with Gasteiger partial charge in [0.15, 0.2) is 0 Å². The number of hydrogen-bond donors (Lipinski definition) is 3. The van der Waals surface area contributed by atoms with Crippen molar-refractivity contribution in [3.8, 4) is 0 Å². The minimum Gasteiger partial charge on any atom is -0.386 e. The maximum Gasteiger partial charge on any atom is 0.418 e. The van der Waals surface area contributed by atoms with Crippen LogP contribution in [0.1, 0.15) is 19.3 Å². The lowest BCUT2D eigenvalue weighted by Gasteiger charge is -2.30. The van der Waals surface area contributed by atoms with Gasteiger partial charge in [0.1, 0.15) is 12.1 Å². The Labute approximate surface area is 139 Å². The van der Waals surface area contributed by atoms with Crippen LogP contribution in [0.2, 0.25) is 0 Å². The number of rotatable bonds is 5. The Balaban J connectivity index is 1.64. The third-order valence-corrected chi connectivity index (χ3v) is 4.64. The van der Waals surface area contributed by atoms with Crippen molar-refractivity contribution in [3.05, 3.63) is 0 Å². The number of hydroxylamine groups is 2. The normalized spacial score (nSPS) is 31.6. The summed E-state index contributed by atoms with van der Waals surface area (Å²) >= 11 is 0. The van der Waals surface area contributed by atoms with Crippen LogP contribution in [0.15, 0.2) is 4.99 Å². The van der Waals surface area contributed by atoms with Crippen molar-refractivity contribution >= 4 is 22.3 Å². The second-order valence-electron chi connectivity index (χ2n) is 5.94. The number of fused-ring (bicyclic) bond motifs is 2. The van der Waals surface area contributed by atoms with E-state index in [1.165, 1.54) is 4.90 Å². The Morgan fingerprint density at radius 3 is 2.96 bits per heavy atom. The number of aliphatic imine (C=N–C) groups is 1. The molecule has 24 heavy (non-hydrogen) atoms. The van der Waals surface area contributed by atoms with E-state index in [1.54, 1.807) is 0 Å². The first kappa shape index (κ1) is 17.4. The Morgan fingerprint density at radius 2 is 2.29 bits per heavy atom. The SMILES string of the molecule is NC(=NCC1NCCCO1)[C@@H]1CC[C@@H]2CN1C(=O)N2OS(=O)(=O)O. The molecule has 0 aromatic carbocycles. The number of nitrogens with one attached hydrogen (secondary N) is 1. The summed E-state index contributed by atoms with van der Waals surface area (Å²) in [5.74, 6) is 0.298. The van der Waals surface area contributed by atoms with Gasteiger partial charge in [0, 0.05) is 13.2 Å². The van der Waals surface area contributed by atoms with Crippen LogP contribution in [0.3, 0.4) is 0 Å². The van der Waals surface area contributed by atoms with Crippen molar-refractivity contribution in [2.24, 2.45) is 10.7 Å². The minimum atomic E-state index is -4.75. The van der Waals surface area contributed by atoms with E-state index in [-0.39, 0.29) is 12.8 Å². The average molecular weight is 363 g/mol. The minimum absolute atomic E-state index is 0.192. The van der Waals surface area contributed by atoms with Crippen LogP contribution >= 0.6 is 0 Å². The second-order valence-corrected chi connectivity index (χ2v) is 6.95. The summed E-state index contributed by atoms with van der Waals surface area (Å²) < 4.78 is 40.4. The molecule has 1 unspecified atom stereocenters. The van der Waals surface area contributed by atoms with E-state index < -0.39 is 28.5 Å². The summed E-state index contributed by atoms with van der Waals surface area (Å²) in [4.78, 5) is 18.0. The fourth-order valence-corrected chi connectivity index (χ4v) is 3.56. The monoisotopic (exact) mass is 363 g/mol. The molecule has 4 N–H and O–H groups in total. The summed E-state index contributed by atoms with van der Waals surface area (Å²) in [6.45, 7) is 2.15. The zero-order chi connectivity index (χ0) is 17.3. The maximum absolute atomic E-state index is 12.3. The summed E-state index contributed by atoms with van der Waals surface area (Å²) in [5, 5.41) is 3.85. The molecule has 0 spiro atoms. The molecule has 2 amide bonds. The third-order valence-electron chi connectivity index (χ3n) is 4.29. The molecule has 12 heteroatoms. The van der Waals surface area contributed by atoms with E-state index in [1.807, 2.05) is 0 Å². The van der Waals surface area contributed by atoms with Crippen LogP contribution in [0, 0.1) is 0 Å². The van der Waals surface area contributed by atoms with Gasteiger partial charge in [0.05, 0.1) is 18.6 Å². The summed E-state index contributed by atoms with van der Waals surface area (Å²) in [6.07, 6.45) is 1.79. The number of hydrogen-bond acceptors (Lipinski definition) is 7. The van der Waals surface area contributed by atoms with Gasteiger partial charge in [-0.2, -0.15) is 13.5 Å². The molecule has 0 aromatic heterocycles. The van der Waals surface area contributed by atoms with Crippen LogP contribution in [-0.4, -0.2) is 79.4 Å². The molecular formula is C12H21N5O6S. The molecule has 0 aromatic rings. The molecule has 3 fully saturated rings. The smallest absolute Gasteiger partial charge is 0.386 e. The number of amidine groups is 1. The van der Waals surface area contributed by atoms with Crippen LogP contribution in [0.25, 0.3) is 0 Å². The molecule has 0 saturated carbocycles. The standard InChI is InChI=1S/C12H21N5O6S/c13-11(15-6-10-14-4-1-5-22-10)9-3-2-8-7-16(9)12(18)17(8)23-24(19,20)21/h8-10,14H,1-7H2,(H2,13,15)(H,19,20,21)/t8-,9+,10?/m1/s1. The largest absolute Gasteiger partial charge is 0.418 e. The molecule has 3 heterocycles. The zero-order valence-electron chi connectivity index (χ0n) is 13.0. The topological polar surface area (TPSA) is 147 Å². The number of urea groups is 1. The van der Waals surface area contributed by atoms with Crippen molar-refractivity contribution in [1.82, 2.24) is 15.3 Å². The fourth-order valence-electron chi connectivity index (χ4n) is 3.17. The average Bonchev–Trinajstić information content (AvgIpc) is 2.77. The van der Waals surface area contributed by atoms with Crippen LogP contribution in [-0.2, 0) is 19.4 Å². The van der Waals surface area contributed by atoms with Crippen molar-refractivity contribution in [2.75, 3.05) is 26.2 Å². The molecule has 3 rings (SSSR count). The van der Waals surface area contributed by atoms with E-state index in [0.29, 0.717) is 36.9 Å². The maximum atomic E-state index is 12.3. The lowest BCUT2D eigenvalue weighted by Crippen LogP contribution is -2.49. The molecular weight excluding hydrogens is 342 g/mol. The van der Waals surface area contributed by atoms with Crippen molar-refractivity contribution < 1.29 is 26.8 Å². The number of ether oxygens (including phenoxy) is 1. The van der Waals surface area contributed by atoms with Crippen molar-refractivity contribution in [2.45, 2.75) is 37.6 Å². The Bertz CT molecular complexity index is 619. The van der Waals surface area contributed by atoms with E-state index in [0.717, 1.165) is 13.0 Å². The highest BCUT2D eigenvalue weighted by atomic mass is 32.3. The summed E-state index contributed by atoms with van der Waals surface area (Å²) in [5.41, 5.74) is 6.03. The van der Waals surface area contributed by atoms with Gasteiger partial charge in [-0.15, -0.1) is 4.28 Å². The predicted octanol–water partition coefficient (Wildman–Crippen LogP) is -1.32. The lowest BCUT2D eigenvalue weighted by molar-refractivity contribution is -0.0316. The van der Waals surface area contributed by atoms with Gasteiger partial charge in [-0.1, -0.05) is 0 Å². The molecule has 11 nitrogen and oxygen atoms in total. The Morgan fingerprint density at radius 1 is 1.50 bits per heavy atom. The third kappa shape index (κ3) is 3.78. The molecule has 3 saturated heterocycles. The number of amides is 2. The first-order chi connectivity index (χ1) is 11.3. The van der Waals surface area contributed by atoms with Gasteiger partial charge < -0.3 is 15.4 Å². The fraction of sp³-hybridized carbons (Fsp3) is 0.833. The highest BCUT2D eigenvalue weighted by Gasteiger charge is 2.48. The first-order valence-electron chi connectivity index (χ1n) is 7.77. The van der Waals surface area contributed by atoms with Gasteiger partial charge in [-0.25, -0.2) is 4.79 Å². The van der Waals surface area contributed by atoms with Crippen molar-refractivity contribution in [1.29, 1.82) is 0 Å². The van der Waals surface area contributed by atoms with Gasteiger partial charge in [-0.05, 0) is 25.8 Å². The Kier molecular flexibility index (Phi) is 4.92. The molecule has 3 aliphatic rings. The molecule has 3 aliphatic heterocycles. The highest BCUT2D eigenvalue weighted by molar-refractivity contribution is 7.80. The van der Waals surface area contributed by atoms with E-state index in [4.69, 9.17) is 15.0 Å². The lowest BCUT2D eigenvalue weighted by atomic mass is 10.0. The molecule has 136 valence electrons. The van der Waals surface area contributed by atoms with E-state index >= 15 is 0 Å². The number of piperidine rings is 1. The van der Waals surface area contributed by atoms with E-state index in [9.17, 15) is 13.2 Å². The predicted molar refractivity (Wildman–Crippen MR) is 82.2 cm³/mol. The highest BCUT2D eigenvalue weighted by Crippen LogP contribution is 2.30. The van der Waals surface area contributed by atoms with Gasteiger partial charge >= 0.3 is 16.4 Å². The van der Waals surface area contributed by atoms with Gasteiger partial charge in [-0.3, -0.25) is 14.9 Å². The van der Waals surface area contributed by atoms with Gasteiger partial charge in [0.25, 0.3) is 0 Å². The molecule has 3 atom stereocenters. The Hall–Kier alpha value is -1.47.